The Hall–Kier alpha value is -2.81. The largest absolute Gasteiger partial charge is 0.494 e. The molecule has 2 heterocycles. The molecule has 4 rings (SSSR count). The molecule has 0 fully saturated rings. The van der Waals surface area contributed by atoms with Gasteiger partial charge in [0.1, 0.15) is 11.3 Å². The first-order chi connectivity index (χ1) is 12.2. The van der Waals surface area contributed by atoms with Crippen molar-refractivity contribution in [2.24, 2.45) is 0 Å². The lowest BCUT2D eigenvalue weighted by Crippen LogP contribution is -1.97. The van der Waals surface area contributed by atoms with Gasteiger partial charge in [0.25, 0.3) is 0 Å². The standard InChI is InChI=1S/C22H22N2O/c1-5-16-13-24(18-11-7-6-9-14(18)2)22-17-10-8-12-19(25-4)21(17)23-15(3)20(16)22/h6-13H,5H2,1-4H3. The second-order valence-corrected chi connectivity index (χ2v) is 6.44. The van der Waals surface area contributed by atoms with E-state index in [-0.39, 0.29) is 0 Å². The summed E-state index contributed by atoms with van der Waals surface area (Å²) in [5, 5.41) is 2.38. The predicted octanol–water partition coefficient (Wildman–Crippen LogP) is 5.37. The quantitative estimate of drug-likeness (QED) is 0.505. The van der Waals surface area contributed by atoms with Gasteiger partial charge >= 0.3 is 0 Å². The Morgan fingerprint density at radius 1 is 1.04 bits per heavy atom. The number of aryl methyl sites for hydroxylation is 3. The smallest absolute Gasteiger partial charge is 0.145 e. The summed E-state index contributed by atoms with van der Waals surface area (Å²) in [6.45, 7) is 6.45. The van der Waals surface area contributed by atoms with Crippen LogP contribution in [0.15, 0.2) is 48.7 Å². The Balaban J connectivity index is 2.23. The molecular formula is C22H22N2O. The van der Waals surface area contributed by atoms with Crippen molar-refractivity contribution < 1.29 is 4.74 Å². The first kappa shape index (κ1) is 15.7. The third kappa shape index (κ3) is 2.30. The van der Waals surface area contributed by atoms with Crippen molar-refractivity contribution in [1.29, 1.82) is 0 Å². The second-order valence-electron chi connectivity index (χ2n) is 6.44. The van der Waals surface area contributed by atoms with Crippen LogP contribution in [0.2, 0.25) is 0 Å². The number of methoxy groups -OCH3 is 1. The molecule has 0 N–H and O–H groups in total. The van der Waals surface area contributed by atoms with Crippen LogP contribution in [0.3, 0.4) is 0 Å². The van der Waals surface area contributed by atoms with E-state index in [0.717, 1.165) is 28.8 Å². The molecule has 0 spiro atoms. The fourth-order valence-corrected chi connectivity index (χ4v) is 3.73. The summed E-state index contributed by atoms with van der Waals surface area (Å²) in [5.41, 5.74) is 6.98. The molecule has 2 aromatic carbocycles. The number of benzene rings is 2. The van der Waals surface area contributed by atoms with Crippen molar-refractivity contribution >= 4 is 21.8 Å². The zero-order chi connectivity index (χ0) is 17.6. The van der Waals surface area contributed by atoms with E-state index in [2.05, 4.69) is 61.9 Å². The molecule has 0 radical (unpaired) electrons. The lowest BCUT2D eigenvalue weighted by atomic mass is 10.1. The molecule has 0 atom stereocenters. The number of hydrogen-bond acceptors (Lipinski definition) is 2. The van der Waals surface area contributed by atoms with Gasteiger partial charge in [0.15, 0.2) is 0 Å². The SMILES string of the molecule is CCc1cn(-c2ccccc2C)c2c1c(C)nc1c(OC)cccc12. The Morgan fingerprint density at radius 2 is 1.84 bits per heavy atom. The number of aromatic nitrogens is 2. The van der Waals surface area contributed by atoms with E-state index in [4.69, 9.17) is 9.72 Å². The van der Waals surface area contributed by atoms with Gasteiger partial charge in [-0.15, -0.1) is 0 Å². The summed E-state index contributed by atoms with van der Waals surface area (Å²) in [4.78, 5) is 4.87. The fourth-order valence-electron chi connectivity index (χ4n) is 3.73. The van der Waals surface area contributed by atoms with Gasteiger partial charge in [-0.05, 0) is 43.5 Å². The molecule has 0 aliphatic carbocycles. The zero-order valence-corrected chi connectivity index (χ0v) is 15.1. The monoisotopic (exact) mass is 330 g/mol. The summed E-state index contributed by atoms with van der Waals surface area (Å²) >= 11 is 0. The maximum atomic E-state index is 5.56. The topological polar surface area (TPSA) is 27.1 Å². The number of hydrogen-bond donors (Lipinski definition) is 0. The first-order valence-corrected chi connectivity index (χ1v) is 8.69. The van der Waals surface area contributed by atoms with Crippen LogP contribution in [0.4, 0.5) is 0 Å². The Kier molecular flexibility index (Phi) is 3.72. The number of ether oxygens (including phenoxy) is 1. The minimum absolute atomic E-state index is 0.818. The summed E-state index contributed by atoms with van der Waals surface area (Å²) in [5.74, 6) is 0.818. The molecule has 0 bridgehead atoms. The molecule has 25 heavy (non-hydrogen) atoms. The average Bonchev–Trinajstić information content (AvgIpc) is 3.02. The highest BCUT2D eigenvalue weighted by Gasteiger charge is 2.18. The number of pyridine rings is 1. The molecule has 0 amide bonds. The van der Waals surface area contributed by atoms with Gasteiger partial charge in [-0.1, -0.05) is 37.3 Å². The molecule has 0 saturated heterocycles. The van der Waals surface area contributed by atoms with E-state index in [9.17, 15) is 0 Å². The van der Waals surface area contributed by atoms with Crippen molar-refractivity contribution in [1.82, 2.24) is 9.55 Å². The minimum Gasteiger partial charge on any atom is -0.494 e. The van der Waals surface area contributed by atoms with Crippen LogP contribution in [-0.2, 0) is 6.42 Å². The molecule has 0 aliphatic rings. The summed E-state index contributed by atoms with van der Waals surface area (Å²) in [6.07, 6.45) is 3.24. The maximum Gasteiger partial charge on any atom is 0.145 e. The Bertz CT molecular complexity index is 1090. The van der Waals surface area contributed by atoms with Gasteiger partial charge < -0.3 is 9.30 Å². The second kappa shape index (κ2) is 5.92. The lowest BCUT2D eigenvalue weighted by Gasteiger charge is -2.13. The fraction of sp³-hybridized carbons (Fsp3) is 0.227. The molecule has 3 nitrogen and oxygen atoms in total. The highest BCUT2D eigenvalue weighted by Crippen LogP contribution is 2.36. The van der Waals surface area contributed by atoms with Crippen LogP contribution in [-0.4, -0.2) is 16.7 Å². The van der Waals surface area contributed by atoms with Gasteiger partial charge in [0.05, 0.1) is 12.6 Å². The van der Waals surface area contributed by atoms with Gasteiger partial charge in [-0.3, -0.25) is 0 Å². The summed E-state index contributed by atoms with van der Waals surface area (Å²) in [6, 6.07) is 14.7. The molecule has 0 saturated carbocycles. The van der Waals surface area contributed by atoms with Crippen molar-refractivity contribution in [3.8, 4) is 11.4 Å². The highest BCUT2D eigenvalue weighted by atomic mass is 16.5. The van der Waals surface area contributed by atoms with E-state index in [1.165, 1.54) is 27.7 Å². The third-order valence-electron chi connectivity index (χ3n) is 4.95. The van der Waals surface area contributed by atoms with Gasteiger partial charge in [0.2, 0.25) is 0 Å². The average molecular weight is 330 g/mol. The Labute approximate surface area is 147 Å². The number of para-hydroxylation sites is 2. The summed E-state index contributed by atoms with van der Waals surface area (Å²) in [7, 11) is 1.70. The van der Waals surface area contributed by atoms with Crippen molar-refractivity contribution in [2.75, 3.05) is 7.11 Å². The number of fused-ring (bicyclic) bond motifs is 3. The van der Waals surface area contributed by atoms with Crippen molar-refractivity contribution in [3.63, 3.8) is 0 Å². The molecule has 126 valence electrons. The zero-order valence-electron chi connectivity index (χ0n) is 15.1. The minimum atomic E-state index is 0.818. The molecule has 0 unspecified atom stereocenters. The van der Waals surface area contributed by atoms with Crippen LogP contribution in [0.5, 0.6) is 5.75 Å². The van der Waals surface area contributed by atoms with E-state index in [1.807, 2.05) is 12.1 Å². The van der Waals surface area contributed by atoms with Crippen molar-refractivity contribution in [2.45, 2.75) is 27.2 Å². The van der Waals surface area contributed by atoms with Gasteiger partial charge in [-0.2, -0.15) is 0 Å². The van der Waals surface area contributed by atoms with Crippen LogP contribution >= 0.6 is 0 Å². The molecular weight excluding hydrogens is 308 g/mol. The molecule has 3 heteroatoms. The summed E-state index contributed by atoms with van der Waals surface area (Å²) < 4.78 is 7.88. The lowest BCUT2D eigenvalue weighted by molar-refractivity contribution is 0.419. The maximum absolute atomic E-state index is 5.56. The highest BCUT2D eigenvalue weighted by molar-refractivity contribution is 6.08. The number of rotatable bonds is 3. The van der Waals surface area contributed by atoms with E-state index >= 15 is 0 Å². The van der Waals surface area contributed by atoms with Crippen LogP contribution in [0, 0.1) is 13.8 Å². The predicted molar refractivity (Wildman–Crippen MR) is 104 cm³/mol. The van der Waals surface area contributed by atoms with Gasteiger partial charge in [-0.25, -0.2) is 4.98 Å². The normalized spacial score (nSPS) is 11.4. The number of nitrogens with zero attached hydrogens (tertiary/aromatic N) is 2. The molecule has 2 aromatic heterocycles. The van der Waals surface area contributed by atoms with Crippen LogP contribution in [0.1, 0.15) is 23.7 Å². The molecule has 0 aliphatic heterocycles. The van der Waals surface area contributed by atoms with Gasteiger partial charge in [0, 0.05) is 28.4 Å². The first-order valence-electron chi connectivity index (χ1n) is 8.69. The van der Waals surface area contributed by atoms with E-state index < -0.39 is 0 Å². The van der Waals surface area contributed by atoms with Crippen LogP contribution in [0.25, 0.3) is 27.5 Å². The van der Waals surface area contributed by atoms with Crippen LogP contribution < -0.4 is 4.74 Å². The third-order valence-corrected chi connectivity index (χ3v) is 4.95. The Morgan fingerprint density at radius 3 is 2.56 bits per heavy atom. The molecule has 4 aromatic rings. The van der Waals surface area contributed by atoms with E-state index in [1.54, 1.807) is 7.11 Å². The van der Waals surface area contributed by atoms with Crippen molar-refractivity contribution in [3.05, 3.63) is 65.5 Å². The van der Waals surface area contributed by atoms with E-state index in [0.29, 0.717) is 0 Å².